The van der Waals surface area contributed by atoms with Crippen molar-refractivity contribution in [3.63, 3.8) is 0 Å². The highest BCUT2D eigenvalue weighted by Gasteiger charge is 2.15. The number of rotatable bonds is 5. The van der Waals surface area contributed by atoms with Gasteiger partial charge in [0.1, 0.15) is 23.1 Å². The molecule has 27 heavy (non-hydrogen) atoms. The first-order valence-electron chi connectivity index (χ1n) is 8.50. The molecule has 0 radical (unpaired) electrons. The molecule has 0 saturated heterocycles. The molecule has 0 saturated carbocycles. The van der Waals surface area contributed by atoms with E-state index in [-0.39, 0.29) is 12.4 Å². The molecule has 0 fully saturated rings. The van der Waals surface area contributed by atoms with Gasteiger partial charge in [-0.25, -0.2) is 8.78 Å². The van der Waals surface area contributed by atoms with E-state index in [1.165, 1.54) is 32.4 Å². The molecule has 0 unspecified atom stereocenters. The molecule has 3 nitrogen and oxygen atoms in total. The van der Waals surface area contributed by atoms with Crippen LogP contribution in [0.2, 0.25) is 0 Å². The Morgan fingerprint density at radius 3 is 2.15 bits per heavy atom. The van der Waals surface area contributed by atoms with Gasteiger partial charge in [0.2, 0.25) is 0 Å². The summed E-state index contributed by atoms with van der Waals surface area (Å²) in [7, 11) is 2.98. The Bertz CT molecular complexity index is 986. The van der Waals surface area contributed by atoms with Gasteiger partial charge in [-0.1, -0.05) is 18.2 Å². The smallest absolute Gasteiger partial charge is 0.132 e. The van der Waals surface area contributed by atoms with Gasteiger partial charge in [0, 0.05) is 18.2 Å². The molecule has 0 amide bonds. The van der Waals surface area contributed by atoms with Crippen LogP contribution in [0.5, 0.6) is 11.5 Å². The second kappa shape index (κ2) is 7.76. The van der Waals surface area contributed by atoms with Crippen molar-refractivity contribution in [3.8, 4) is 33.8 Å². The van der Waals surface area contributed by atoms with Crippen LogP contribution in [0.1, 0.15) is 11.1 Å². The number of nitrogens with two attached hydrogens (primary N) is 1. The summed E-state index contributed by atoms with van der Waals surface area (Å²) in [6, 6.07) is 13.4. The summed E-state index contributed by atoms with van der Waals surface area (Å²) >= 11 is 0. The third kappa shape index (κ3) is 3.64. The van der Waals surface area contributed by atoms with Crippen molar-refractivity contribution in [1.82, 2.24) is 0 Å². The number of ether oxygens (including phenoxy) is 2. The number of halogens is 2. The Balaban J connectivity index is 2.17. The number of methoxy groups -OCH3 is 2. The zero-order valence-electron chi connectivity index (χ0n) is 15.5. The van der Waals surface area contributed by atoms with E-state index in [1.807, 2.05) is 25.1 Å². The lowest BCUT2D eigenvalue weighted by Gasteiger charge is -2.15. The highest BCUT2D eigenvalue weighted by atomic mass is 19.1. The Morgan fingerprint density at radius 1 is 0.889 bits per heavy atom. The maximum absolute atomic E-state index is 14.5. The van der Waals surface area contributed by atoms with Gasteiger partial charge in [0.05, 0.1) is 14.2 Å². The monoisotopic (exact) mass is 369 g/mol. The average molecular weight is 369 g/mol. The van der Waals surface area contributed by atoms with Crippen molar-refractivity contribution in [3.05, 3.63) is 71.3 Å². The quantitative estimate of drug-likeness (QED) is 0.682. The van der Waals surface area contributed by atoms with Crippen molar-refractivity contribution < 1.29 is 18.3 Å². The minimum absolute atomic E-state index is 0.0530. The molecule has 0 spiro atoms. The molecule has 5 heteroatoms. The second-order valence-electron chi connectivity index (χ2n) is 6.20. The predicted octanol–water partition coefficient (Wildman–Crippen LogP) is 5.08. The number of hydrogen-bond acceptors (Lipinski definition) is 3. The Kier molecular flexibility index (Phi) is 5.42. The van der Waals surface area contributed by atoms with Gasteiger partial charge in [-0.15, -0.1) is 0 Å². The molecule has 0 bridgehead atoms. The highest BCUT2D eigenvalue weighted by Crippen LogP contribution is 2.36. The molecular formula is C22H21F2NO2. The van der Waals surface area contributed by atoms with Gasteiger partial charge in [0.15, 0.2) is 0 Å². The molecule has 0 aliphatic carbocycles. The summed E-state index contributed by atoms with van der Waals surface area (Å²) in [5.41, 5.74) is 9.89. The highest BCUT2D eigenvalue weighted by molar-refractivity contribution is 5.79. The third-order valence-electron chi connectivity index (χ3n) is 4.64. The maximum Gasteiger partial charge on any atom is 0.132 e. The van der Waals surface area contributed by atoms with Crippen LogP contribution in [0, 0.1) is 18.6 Å². The molecule has 0 aliphatic heterocycles. The van der Waals surface area contributed by atoms with Crippen LogP contribution in [-0.4, -0.2) is 14.2 Å². The fourth-order valence-electron chi connectivity index (χ4n) is 3.24. The van der Waals surface area contributed by atoms with E-state index in [1.54, 1.807) is 12.1 Å². The maximum atomic E-state index is 14.5. The van der Waals surface area contributed by atoms with Crippen molar-refractivity contribution in [2.75, 3.05) is 14.2 Å². The van der Waals surface area contributed by atoms with Crippen molar-refractivity contribution in [2.45, 2.75) is 13.5 Å². The first kappa shape index (κ1) is 18.9. The molecule has 3 aromatic rings. The van der Waals surface area contributed by atoms with E-state index in [0.29, 0.717) is 28.2 Å². The Hall–Kier alpha value is -2.92. The molecule has 0 aromatic heterocycles. The minimum atomic E-state index is -0.413. The summed E-state index contributed by atoms with van der Waals surface area (Å²) in [6.45, 7) is 1.97. The van der Waals surface area contributed by atoms with Gasteiger partial charge in [-0.3, -0.25) is 0 Å². The van der Waals surface area contributed by atoms with Crippen LogP contribution in [0.3, 0.4) is 0 Å². The van der Waals surface area contributed by atoms with Crippen molar-refractivity contribution in [1.29, 1.82) is 0 Å². The Morgan fingerprint density at radius 2 is 1.56 bits per heavy atom. The third-order valence-corrected chi connectivity index (χ3v) is 4.64. The summed E-state index contributed by atoms with van der Waals surface area (Å²) < 4.78 is 38.9. The van der Waals surface area contributed by atoms with E-state index in [9.17, 15) is 8.78 Å². The van der Waals surface area contributed by atoms with Crippen molar-refractivity contribution >= 4 is 0 Å². The van der Waals surface area contributed by atoms with E-state index in [2.05, 4.69) is 0 Å². The predicted molar refractivity (Wildman–Crippen MR) is 103 cm³/mol. The van der Waals surface area contributed by atoms with Crippen molar-refractivity contribution in [2.24, 2.45) is 5.73 Å². The summed E-state index contributed by atoms with van der Waals surface area (Å²) in [6.07, 6.45) is 0. The average Bonchev–Trinajstić information content (AvgIpc) is 2.66. The van der Waals surface area contributed by atoms with E-state index < -0.39 is 5.82 Å². The lowest BCUT2D eigenvalue weighted by molar-refractivity contribution is 0.405. The molecule has 3 aromatic carbocycles. The van der Waals surface area contributed by atoms with Crippen LogP contribution in [0.4, 0.5) is 8.78 Å². The first-order chi connectivity index (χ1) is 13.0. The standard InChI is InChI=1S/C22H21F2NO2/c1-13-18(14-7-16(23)11-17(8-14)26-2)5-4-6-19(13)15-9-21(24)20(12-25)22(10-15)27-3/h4-11H,12,25H2,1-3H3. The molecule has 3 rings (SSSR count). The normalized spacial score (nSPS) is 10.7. The first-order valence-corrected chi connectivity index (χ1v) is 8.50. The molecule has 0 aliphatic rings. The Labute approximate surface area is 157 Å². The van der Waals surface area contributed by atoms with Crippen LogP contribution in [0.15, 0.2) is 48.5 Å². The summed E-state index contributed by atoms with van der Waals surface area (Å²) in [4.78, 5) is 0. The molecular weight excluding hydrogens is 348 g/mol. The lowest BCUT2D eigenvalue weighted by atomic mass is 9.92. The minimum Gasteiger partial charge on any atom is -0.497 e. The molecule has 0 heterocycles. The largest absolute Gasteiger partial charge is 0.497 e. The molecule has 140 valence electrons. The zero-order chi connectivity index (χ0) is 19.6. The topological polar surface area (TPSA) is 44.5 Å². The summed E-state index contributed by atoms with van der Waals surface area (Å²) in [5.74, 6) is 0.0535. The van der Waals surface area contributed by atoms with Crippen LogP contribution in [-0.2, 0) is 6.54 Å². The fraction of sp³-hybridized carbons (Fsp3) is 0.182. The molecule has 0 atom stereocenters. The van der Waals surface area contributed by atoms with E-state index in [0.717, 1.165) is 16.7 Å². The van der Waals surface area contributed by atoms with Gasteiger partial charge in [-0.2, -0.15) is 0 Å². The molecule has 2 N–H and O–H groups in total. The number of hydrogen-bond donors (Lipinski definition) is 1. The SMILES string of the molecule is COc1cc(F)cc(-c2cccc(-c3cc(F)c(CN)c(OC)c3)c2C)c1. The van der Waals surface area contributed by atoms with Crippen LogP contribution < -0.4 is 15.2 Å². The van der Waals surface area contributed by atoms with E-state index >= 15 is 0 Å². The second-order valence-corrected chi connectivity index (χ2v) is 6.20. The zero-order valence-corrected chi connectivity index (χ0v) is 15.5. The summed E-state index contributed by atoms with van der Waals surface area (Å²) in [5, 5.41) is 0. The fourth-order valence-corrected chi connectivity index (χ4v) is 3.24. The van der Waals surface area contributed by atoms with Crippen LogP contribution >= 0.6 is 0 Å². The van der Waals surface area contributed by atoms with Crippen LogP contribution in [0.25, 0.3) is 22.3 Å². The number of benzene rings is 3. The van der Waals surface area contributed by atoms with Gasteiger partial charge >= 0.3 is 0 Å². The lowest BCUT2D eigenvalue weighted by Crippen LogP contribution is -2.03. The van der Waals surface area contributed by atoms with Gasteiger partial charge in [0.25, 0.3) is 0 Å². The van der Waals surface area contributed by atoms with Gasteiger partial charge < -0.3 is 15.2 Å². The van der Waals surface area contributed by atoms with Gasteiger partial charge in [-0.05, 0) is 59.0 Å². The van der Waals surface area contributed by atoms with E-state index in [4.69, 9.17) is 15.2 Å².